The predicted molar refractivity (Wildman–Crippen MR) is 102 cm³/mol. The number of aliphatic hydroxyl groups excluding tert-OH is 3. The van der Waals surface area contributed by atoms with Gasteiger partial charge in [-0.15, -0.1) is 26.3 Å². The normalized spacial score (nSPS) is 20.0. The Hall–Kier alpha value is -0.540. The van der Waals surface area contributed by atoms with Crippen LogP contribution in [0.15, 0.2) is 62.8 Å². The number of ether oxygens (including phenoxy) is 3. The van der Waals surface area contributed by atoms with Crippen molar-refractivity contribution in [2.24, 2.45) is 0 Å². The first kappa shape index (κ1) is 30.2. The van der Waals surface area contributed by atoms with Crippen LogP contribution in [0.1, 0.15) is 1.43 Å². The van der Waals surface area contributed by atoms with Crippen molar-refractivity contribution < 1.29 is 60.5 Å². The van der Waals surface area contributed by atoms with Gasteiger partial charge in [-0.25, -0.2) is 0 Å². The third-order valence-corrected chi connectivity index (χ3v) is 2.41. The Morgan fingerprint density at radius 2 is 1.85 bits per heavy atom. The fourth-order valence-electron chi connectivity index (χ4n) is 1.06. The zero-order valence-corrected chi connectivity index (χ0v) is 17.8. The zero-order valence-electron chi connectivity index (χ0n) is 16.8. The summed E-state index contributed by atoms with van der Waals surface area (Å²) in [7, 11) is 0. The molecule has 26 heavy (non-hydrogen) atoms. The van der Waals surface area contributed by atoms with Crippen LogP contribution in [-0.2, 0) is 14.2 Å². The predicted octanol–water partition coefficient (Wildman–Crippen LogP) is -1.48. The summed E-state index contributed by atoms with van der Waals surface area (Å²) in [5.41, 5.74) is 0. The quantitative estimate of drug-likeness (QED) is 0.216. The molecule has 0 aromatic carbocycles. The third-order valence-electron chi connectivity index (χ3n) is 2.41. The molecule has 7 heteroatoms. The van der Waals surface area contributed by atoms with Gasteiger partial charge in [0.05, 0.1) is 58.0 Å². The minimum atomic E-state index is -0.551. The third kappa shape index (κ3) is 28.3. The van der Waals surface area contributed by atoms with E-state index in [-0.39, 0.29) is 43.7 Å². The molecule has 2 aliphatic rings. The first-order valence-electron chi connectivity index (χ1n) is 7.93. The largest absolute Gasteiger partial charge is 1.00 e. The van der Waals surface area contributed by atoms with E-state index in [9.17, 15) is 0 Å². The van der Waals surface area contributed by atoms with Gasteiger partial charge in [-0.3, -0.25) is 0 Å². The van der Waals surface area contributed by atoms with Gasteiger partial charge in [0.15, 0.2) is 0 Å². The molecule has 3 N–H and O–H groups in total. The Morgan fingerprint density at radius 1 is 1.23 bits per heavy atom. The monoisotopic (exact) mass is 380 g/mol. The van der Waals surface area contributed by atoms with Crippen LogP contribution in [0.5, 0.6) is 0 Å². The molecule has 0 saturated carbocycles. The van der Waals surface area contributed by atoms with E-state index in [1.807, 2.05) is 6.08 Å². The van der Waals surface area contributed by atoms with Crippen molar-refractivity contribution in [2.75, 3.05) is 39.6 Å². The second kappa shape index (κ2) is 24.5. The summed E-state index contributed by atoms with van der Waals surface area (Å²) in [6.07, 6.45) is 9.34. The van der Waals surface area contributed by atoms with Crippen LogP contribution >= 0.6 is 0 Å². The molecule has 1 fully saturated rings. The molecule has 2 rings (SSSR count). The van der Waals surface area contributed by atoms with Crippen molar-refractivity contribution in [3.05, 3.63) is 62.8 Å². The van der Waals surface area contributed by atoms with E-state index >= 15 is 0 Å². The molecule has 3 atom stereocenters. The maximum Gasteiger partial charge on any atom is 1.00 e. The molecule has 0 aliphatic carbocycles. The van der Waals surface area contributed by atoms with Crippen molar-refractivity contribution >= 4 is 0 Å². The summed E-state index contributed by atoms with van der Waals surface area (Å²) in [6.45, 7) is 16.4. The molecule has 146 valence electrons. The van der Waals surface area contributed by atoms with Crippen LogP contribution < -0.4 is 29.6 Å². The van der Waals surface area contributed by atoms with Crippen LogP contribution in [-0.4, -0.2) is 73.3 Å². The van der Waals surface area contributed by atoms with Gasteiger partial charge in [0.25, 0.3) is 0 Å². The molecule has 0 radical (unpaired) electrons. The number of aliphatic hydroxyl groups is 3. The number of hydrogen-bond acceptors (Lipinski definition) is 6. The first-order valence-corrected chi connectivity index (χ1v) is 7.93. The second-order valence-electron chi connectivity index (χ2n) is 4.74. The fraction of sp³-hybridized carbons (Fsp3) is 0.474. The summed E-state index contributed by atoms with van der Waals surface area (Å²) >= 11 is 0. The Morgan fingerprint density at radius 3 is 2.08 bits per heavy atom. The second-order valence-corrected chi connectivity index (χ2v) is 4.74. The molecule has 0 aromatic rings. The van der Waals surface area contributed by atoms with Gasteiger partial charge in [-0.05, 0) is 0 Å². The molecule has 2 heterocycles. The first-order chi connectivity index (χ1) is 12.0. The fourth-order valence-corrected chi connectivity index (χ4v) is 1.06. The van der Waals surface area contributed by atoms with Crippen LogP contribution in [0.2, 0.25) is 0 Å². The van der Waals surface area contributed by atoms with Crippen molar-refractivity contribution in [1.29, 1.82) is 0 Å². The zero-order chi connectivity index (χ0) is 19.3. The van der Waals surface area contributed by atoms with E-state index in [0.29, 0.717) is 32.5 Å². The van der Waals surface area contributed by atoms with Gasteiger partial charge < -0.3 is 31.0 Å². The van der Waals surface area contributed by atoms with Crippen LogP contribution in [0.4, 0.5) is 0 Å². The molecular weight excluding hydrogens is 347 g/mol. The van der Waals surface area contributed by atoms with Crippen molar-refractivity contribution in [3.8, 4) is 0 Å². The summed E-state index contributed by atoms with van der Waals surface area (Å²) in [5, 5.41) is 25.3. The minimum Gasteiger partial charge on any atom is -1.00 e. The maximum absolute atomic E-state index is 8.81. The molecule has 2 aliphatic heterocycles. The summed E-state index contributed by atoms with van der Waals surface area (Å²) < 4.78 is 14.5. The SMILES string of the molecule is C=CC1CO1.C=CCO.C=CCOCC(O)C=C.OC1C=CCOC1.[H-].[Na+]. The van der Waals surface area contributed by atoms with Gasteiger partial charge in [0, 0.05) is 0 Å². The summed E-state index contributed by atoms with van der Waals surface area (Å²) in [4.78, 5) is 0. The van der Waals surface area contributed by atoms with E-state index in [1.54, 1.807) is 18.2 Å². The topological polar surface area (TPSA) is 91.7 Å². The van der Waals surface area contributed by atoms with Crippen LogP contribution in [0.25, 0.3) is 0 Å². The minimum absolute atomic E-state index is 0. The van der Waals surface area contributed by atoms with Gasteiger partial charge in [0.1, 0.15) is 0 Å². The molecule has 0 bridgehead atoms. The van der Waals surface area contributed by atoms with Crippen LogP contribution in [0, 0.1) is 0 Å². The number of rotatable bonds is 7. The summed E-state index contributed by atoms with van der Waals surface area (Å²) in [6, 6.07) is 0. The Bertz CT molecular complexity index is 375. The standard InChI is InChI=1S/C7H12O2.C5H8O2.C4H6O.C3H6O.Na.H/c1-3-5-9-6-7(8)4-2;6-5-2-1-3-7-4-5;1-2-4-3-5-4;1-2-3-4;;/h3-4,7-8H,1-2,5-6H2;1-2,5-6H,3-4H2;2,4H,1,3H2;2,4H,1,3H2;;/q;;;;+1;-1. The molecule has 0 aromatic heterocycles. The van der Waals surface area contributed by atoms with Gasteiger partial charge in [-0.1, -0.05) is 36.5 Å². The van der Waals surface area contributed by atoms with E-state index in [4.69, 9.17) is 29.5 Å². The Labute approximate surface area is 180 Å². The summed E-state index contributed by atoms with van der Waals surface area (Å²) in [5.74, 6) is 0. The Kier molecular flexibility index (Phi) is 28.4. The molecule has 1 saturated heterocycles. The maximum atomic E-state index is 8.81. The molecule has 6 nitrogen and oxygen atoms in total. The Balaban J connectivity index is -0.000000132. The molecule has 3 unspecified atom stereocenters. The van der Waals surface area contributed by atoms with Crippen LogP contribution in [0.3, 0.4) is 0 Å². The molecule has 0 amide bonds. The van der Waals surface area contributed by atoms with Crippen molar-refractivity contribution in [1.82, 2.24) is 0 Å². The van der Waals surface area contributed by atoms with Crippen molar-refractivity contribution in [3.63, 3.8) is 0 Å². The van der Waals surface area contributed by atoms with E-state index in [2.05, 4.69) is 26.3 Å². The number of hydrogen-bond donors (Lipinski definition) is 3. The van der Waals surface area contributed by atoms with E-state index < -0.39 is 6.10 Å². The molecule has 0 spiro atoms. The average molecular weight is 380 g/mol. The smallest absolute Gasteiger partial charge is 1.00 e. The van der Waals surface area contributed by atoms with E-state index in [1.165, 1.54) is 12.2 Å². The average Bonchev–Trinajstić information content (AvgIpc) is 3.48. The van der Waals surface area contributed by atoms with Gasteiger partial charge >= 0.3 is 29.6 Å². The van der Waals surface area contributed by atoms with Gasteiger partial charge in [0.2, 0.25) is 0 Å². The van der Waals surface area contributed by atoms with Gasteiger partial charge in [-0.2, -0.15) is 0 Å². The van der Waals surface area contributed by atoms with E-state index in [0.717, 1.165) is 6.61 Å². The molecular formula is C19H33NaO6. The number of epoxide rings is 1. The van der Waals surface area contributed by atoms with Crippen molar-refractivity contribution in [2.45, 2.75) is 18.3 Å².